The average molecular weight is 328 g/mol. The summed E-state index contributed by atoms with van der Waals surface area (Å²) in [7, 11) is 0. The number of benzene rings is 1. The maximum atomic E-state index is 12.0. The van der Waals surface area contributed by atoms with Crippen LogP contribution in [0.3, 0.4) is 0 Å². The van der Waals surface area contributed by atoms with E-state index in [1.54, 1.807) is 13.0 Å². The molecule has 1 N–H and O–H groups in total. The number of aromatic nitrogens is 1. The standard InChI is InChI=1S/C18H20N2O4/c1-12(18(22)19-13-6-2-3-7-13)23-17(21)11-10-16-20-14-8-4-5-9-15(14)24-16/h4-5,8-13H,2-3,6-7H2,1H3,(H,19,22)/b11-10+/t12-/m1/s1. The van der Waals surface area contributed by atoms with E-state index in [0.29, 0.717) is 11.5 Å². The molecular formula is C18H20N2O4. The number of esters is 1. The number of amides is 1. The Morgan fingerprint density at radius 3 is 2.83 bits per heavy atom. The fourth-order valence-electron chi connectivity index (χ4n) is 2.76. The van der Waals surface area contributed by atoms with Gasteiger partial charge < -0.3 is 14.5 Å². The minimum atomic E-state index is -0.827. The maximum Gasteiger partial charge on any atom is 0.331 e. The highest BCUT2D eigenvalue weighted by Gasteiger charge is 2.22. The number of carbonyl (C=O) groups is 2. The van der Waals surface area contributed by atoms with Gasteiger partial charge in [-0.15, -0.1) is 0 Å². The number of rotatable bonds is 5. The summed E-state index contributed by atoms with van der Waals surface area (Å²) in [6.07, 6.45) is 6.06. The first-order valence-electron chi connectivity index (χ1n) is 8.16. The number of carbonyl (C=O) groups excluding carboxylic acids is 2. The van der Waals surface area contributed by atoms with Gasteiger partial charge >= 0.3 is 5.97 Å². The minimum Gasteiger partial charge on any atom is -0.449 e. The van der Waals surface area contributed by atoms with Crippen molar-refractivity contribution in [3.05, 3.63) is 36.2 Å². The van der Waals surface area contributed by atoms with E-state index in [0.717, 1.165) is 31.2 Å². The second-order valence-electron chi connectivity index (χ2n) is 5.92. The molecule has 0 radical (unpaired) electrons. The molecule has 0 unspecified atom stereocenters. The van der Waals surface area contributed by atoms with Gasteiger partial charge in [-0.2, -0.15) is 0 Å². The zero-order chi connectivity index (χ0) is 16.9. The van der Waals surface area contributed by atoms with Crippen LogP contribution in [-0.2, 0) is 14.3 Å². The molecule has 0 spiro atoms. The Hall–Kier alpha value is -2.63. The summed E-state index contributed by atoms with van der Waals surface area (Å²) in [5.41, 5.74) is 1.37. The Balaban J connectivity index is 1.53. The molecule has 1 heterocycles. The SMILES string of the molecule is C[C@@H](OC(=O)/C=C/c1nc2ccccc2o1)C(=O)NC1CCCC1. The van der Waals surface area contributed by atoms with Crippen molar-refractivity contribution in [1.29, 1.82) is 0 Å². The number of fused-ring (bicyclic) bond motifs is 1. The van der Waals surface area contributed by atoms with Crippen LogP contribution >= 0.6 is 0 Å². The Labute approximate surface area is 139 Å². The second-order valence-corrected chi connectivity index (χ2v) is 5.92. The Bertz CT molecular complexity index is 726. The van der Waals surface area contributed by atoms with Crippen LogP contribution in [0.4, 0.5) is 0 Å². The lowest BCUT2D eigenvalue weighted by Crippen LogP contribution is -2.40. The maximum absolute atomic E-state index is 12.0. The average Bonchev–Trinajstić information content (AvgIpc) is 3.21. The highest BCUT2D eigenvalue weighted by atomic mass is 16.5. The number of hydrogen-bond donors (Lipinski definition) is 1. The summed E-state index contributed by atoms with van der Waals surface area (Å²) < 4.78 is 10.6. The van der Waals surface area contributed by atoms with E-state index in [-0.39, 0.29) is 11.9 Å². The largest absolute Gasteiger partial charge is 0.449 e. The summed E-state index contributed by atoms with van der Waals surface area (Å²) in [6, 6.07) is 7.53. The van der Waals surface area contributed by atoms with Crippen LogP contribution in [0.2, 0.25) is 0 Å². The Morgan fingerprint density at radius 2 is 2.08 bits per heavy atom. The normalized spacial score (nSPS) is 16.5. The van der Waals surface area contributed by atoms with E-state index < -0.39 is 12.1 Å². The molecule has 1 amide bonds. The van der Waals surface area contributed by atoms with Gasteiger partial charge in [0.1, 0.15) is 5.52 Å². The molecule has 1 fully saturated rings. The lowest BCUT2D eigenvalue weighted by molar-refractivity contribution is -0.150. The second kappa shape index (κ2) is 7.29. The molecule has 6 nitrogen and oxygen atoms in total. The van der Waals surface area contributed by atoms with Crippen LogP contribution in [0.25, 0.3) is 17.2 Å². The first kappa shape index (κ1) is 16.2. The fraction of sp³-hybridized carbons (Fsp3) is 0.389. The molecule has 2 aromatic rings. The lowest BCUT2D eigenvalue weighted by atomic mass is 10.2. The van der Waals surface area contributed by atoms with Crippen molar-refractivity contribution in [2.24, 2.45) is 0 Å². The van der Waals surface area contributed by atoms with Crippen LogP contribution in [0.5, 0.6) is 0 Å². The van der Waals surface area contributed by atoms with Crippen LogP contribution in [0.15, 0.2) is 34.8 Å². The van der Waals surface area contributed by atoms with Gasteiger partial charge in [-0.1, -0.05) is 25.0 Å². The van der Waals surface area contributed by atoms with Crippen molar-refractivity contribution in [1.82, 2.24) is 10.3 Å². The van der Waals surface area contributed by atoms with Gasteiger partial charge in [0.05, 0.1) is 0 Å². The van der Waals surface area contributed by atoms with E-state index in [9.17, 15) is 9.59 Å². The Kier molecular flexibility index (Phi) is 4.93. The van der Waals surface area contributed by atoms with E-state index in [1.165, 1.54) is 12.2 Å². The molecule has 1 aromatic heterocycles. The first-order valence-corrected chi connectivity index (χ1v) is 8.16. The lowest BCUT2D eigenvalue weighted by Gasteiger charge is -2.16. The minimum absolute atomic E-state index is 0.203. The van der Waals surface area contributed by atoms with E-state index in [1.807, 2.05) is 18.2 Å². The van der Waals surface area contributed by atoms with Gasteiger partial charge in [0, 0.05) is 18.2 Å². The fourth-order valence-corrected chi connectivity index (χ4v) is 2.76. The van der Waals surface area contributed by atoms with Crippen molar-refractivity contribution in [3.8, 4) is 0 Å². The monoisotopic (exact) mass is 328 g/mol. The predicted molar refractivity (Wildman–Crippen MR) is 89.0 cm³/mol. The van der Waals surface area contributed by atoms with Crippen molar-refractivity contribution in [2.45, 2.75) is 44.8 Å². The van der Waals surface area contributed by atoms with Crippen molar-refractivity contribution >= 4 is 29.1 Å². The van der Waals surface area contributed by atoms with Crippen molar-refractivity contribution in [3.63, 3.8) is 0 Å². The van der Waals surface area contributed by atoms with Gasteiger partial charge in [-0.25, -0.2) is 9.78 Å². The van der Waals surface area contributed by atoms with Gasteiger partial charge in [0.2, 0.25) is 5.89 Å². The van der Waals surface area contributed by atoms with Crippen LogP contribution in [-0.4, -0.2) is 29.0 Å². The number of para-hydroxylation sites is 2. The van der Waals surface area contributed by atoms with Gasteiger partial charge in [0.15, 0.2) is 11.7 Å². The smallest absolute Gasteiger partial charge is 0.331 e. The third kappa shape index (κ3) is 4.01. The number of hydrogen-bond acceptors (Lipinski definition) is 5. The number of ether oxygens (including phenoxy) is 1. The molecule has 1 aromatic carbocycles. The number of nitrogens with zero attached hydrogens (tertiary/aromatic N) is 1. The molecule has 1 aliphatic rings. The molecule has 1 saturated carbocycles. The summed E-state index contributed by atoms with van der Waals surface area (Å²) in [5, 5.41) is 2.90. The molecule has 6 heteroatoms. The molecule has 24 heavy (non-hydrogen) atoms. The summed E-state index contributed by atoms with van der Waals surface area (Å²) in [5.74, 6) is -0.548. The summed E-state index contributed by atoms with van der Waals surface area (Å²) in [6.45, 7) is 1.56. The first-order chi connectivity index (χ1) is 11.6. The molecule has 0 saturated heterocycles. The molecule has 0 aliphatic heterocycles. The van der Waals surface area contributed by atoms with Gasteiger partial charge in [-0.05, 0) is 31.9 Å². The Morgan fingerprint density at radius 1 is 1.33 bits per heavy atom. The molecule has 126 valence electrons. The van der Waals surface area contributed by atoms with Gasteiger partial charge in [-0.3, -0.25) is 4.79 Å². The van der Waals surface area contributed by atoms with Crippen LogP contribution in [0, 0.1) is 0 Å². The summed E-state index contributed by atoms with van der Waals surface area (Å²) >= 11 is 0. The van der Waals surface area contributed by atoms with Gasteiger partial charge in [0.25, 0.3) is 5.91 Å². The predicted octanol–water partition coefficient (Wildman–Crippen LogP) is 2.83. The number of nitrogens with one attached hydrogen (secondary N) is 1. The number of oxazole rings is 1. The highest BCUT2D eigenvalue weighted by Crippen LogP contribution is 2.18. The van der Waals surface area contributed by atoms with Crippen LogP contribution in [0.1, 0.15) is 38.5 Å². The molecule has 3 rings (SSSR count). The molecule has 0 bridgehead atoms. The van der Waals surface area contributed by atoms with E-state index in [2.05, 4.69) is 10.3 Å². The quantitative estimate of drug-likeness (QED) is 0.674. The van der Waals surface area contributed by atoms with Crippen LogP contribution < -0.4 is 5.32 Å². The summed E-state index contributed by atoms with van der Waals surface area (Å²) in [4.78, 5) is 28.0. The van der Waals surface area contributed by atoms with Crippen molar-refractivity contribution < 1.29 is 18.7 Å². The third-order valence-corrected chi connectivity index (χ3v) is 4.04. The highest BCUT2D eigenvalue weighted by molar-refractivity contribution is 5.90. The topological polar surface area (TPSA) is 81.4 Å². The molecular weight excluding hydrogens is 308 g/mol. The van der Waals surface area contributed by atoms with Crippen molar-refractivity contribution in [2.75, 3.05) is 0 Å². The van der Waals surface area contributed by atoms with E-state index >= 15 is 0 Å². The zero-order valence-electron chi connectivity index (χ0n) is 13.5. The third-order valence-electron chi connectivity index (χ3n) is 4.04. The zero-order valence-corrected chi connectivity index (χ0v) is 13.5. The molecule has 1 aliphatic carbocycles. The molecule has 1 atom stereocenters. The van der Waals surface area contributed by atoms with E-state index in [4.69, 9.17) is 9.15 Å².